The van der Waals surface area contributed by atoms with Crippen LogP contribution in [0.5, 0.6) is 0 Å². The summed E-state index contributed by atoms with van der Waals surface area (Å²) in [5, 5.41) is 0. The third-order valence-electron chi connectivity index (χ3n) is 6.68. The molecule has 2 heterocycles. The van der Waals surface area contributed by atoms with Gasteiger partial charge in [-0.15, -0.1) is 0 Å². The van der Waals surface area contributed by atoms with Crippen molar-refractivity contribution in [3.05, 3.63) is 53.5 Å². The number of rotatable bonds is 5. The number of alkyl halides is 2. The maximum Gasteiger partial charge on any atom is 0.249 e. The van der Waals surface area contributed by atoms with Gasteiger partial charge in [-0.05, 0) is 44.9 Å². The van der Waals surface area contributed by atoms with E-state index in [4.69, 9.17) is 5.73 Å². The van der Waals surface area contributed by atoms with Crippen LogP contribution in [0.25, 0.3) is 11.3 Å². The molecule has 1 saturated heterocycles. The number of halogens is 5. The molecule has 2 fully saturated rings. The molecule has 1 amide bonds. The number of aromatic nitrogens is 1. The summed E-state index contributed by atoms with van der Waals surface area (Å²) in [5.41, 5.74) is 4.75. The van der Waals surface area contributed by atoms with Crippen molar-refractivity contribution in [2.24, 2.45) is 5.73 Å². The number of nitrogens with two attached hydrogens (primary N) is 1. The minimum atomic E-state index is -2.42. The molecule has 1 aromatic carbocycles. The van der Waals surface area contributed by atoms with Crippen molar-refractivity contribution in [3.63, 3.8) is 0 Å². The summed E-state index contributed by atoms with van der Waals surface area (Å²) in [7, 11) is 0. The summed E-state index contributed by atoms with van der Waals surface area (Å²) < 4.78 is 67.0. The van der Waals surface area contributed by atoms with Gasteiger partial charge < -0.3 is 5.73 Å². The van der Waals surface area contributed by atoms with Crippen molar-refractivity contribution in [3.8, 4) is 11.3 Å². The highest BCUT2D eigenvalue weighted by Crippen LogP contribution is 2.35. The van der Waals surface area contributed by atoms with Crippen LogP contribution in [-0.4, -0.2) is 64.9 Å². The van der Waals surface area contributed by atoms with Gasteiger partial charge in [-0.3, -0.25) is 19.6 Å². The number of carbonyl (C=O) groups is 1. The Morgan fingerprint density at radius 2 is 1.75 bits per heavy atom. The molecule has 10 heteroatoms. The van der Waals surface area contributed by atoms with E-state index in [2.05, 4.69) is 28.6 Å². The molecule has 1 aliphatic heterocycles. The SMILES string of the molecule is CC(C)N1CCN(C2CCCC(F)(F)C2)CC1.NC(=O)Cc1ccnc(-c2cc(F)cc(F)c2)c1F. The van der Waals surface area contributed by atoms with Crippen LogP contribution in [-0.2, 0) is 11.2 Å². The first-order chi connectivity index (χ1) is 16.9. The Kier molecular flexibility index (Phi) is 9.41. The molecule has 5 nitrogen and oxygen atoms in total. The highest BCUT2D eigenvalue weighted by atomic mass is 19.3. The molecule has 1 aromatic heterocycles. The zero-order chi connectivity index (χ0) is 26.5. The molecule has 1 unspecified atom stereocenters. The molecular weight excluding hydrogens is 479 g/mol. The minimum Gasteiger partial charge on any atom is -0.369 e. The number of hydrogen-bond donors (Lipinski definition) is 1. The van der Waals surface area contributed by atoms with Gasteiger partial charge in [0.2, 0.25) is 11.8 Å². The standard InChI is InChI=1S/C13H9F3N2O.C13H24F2N2/c14-9-3-8(4-10(15)6-9)13-12(16)7(1-2-18-13)5-11(17)19;1-11(2)16-6-8-17(9-7-16)12-4-3-5-13(14,15)10-12/h1-4,6H,5H2,(H2,17,19);11-12H,3-10H2,1-2H3. The fourth-order valence-corrected chi connectivity index (χ4v) is 4.78. The topological polar surface area (TPSA) is 62.5 Å². The molecule has 1 atom stereocenters. The van der Waals surface area contributed by atoms with Crippen molar-refractivity contribution >= 4 is 5.91 Å². The Labute approximate surface area is 208 Å². The average molecular weight is 513 g/mol. The number of amides is 1. The molecule has 1 saturated carbocycles. The summed E-state index contributed by atoms with van der Waals surface area (Å²) >= 11 is 0. The Morgan fingerprint density at radius 1 is 1.11 bits per heavy atom. The van der Waals surface area contributed by atoms with E-state index in [9.17, 15) is 26.7 Å². The summed E-state index contributed by atoms with van der Waals surface area (Å²) in [6.45, 7) is 8.37. The largest absolute Gasteiger partial charge is 0.369 e. The fourth-order valence-electron chi connectivity index (χ4n) is 4.78. The number of primary amides is 1. The lowest BCUT2D eigenvalue weighted by atomic mass is 9.90. The molecule has 2 aliphatic rings. The van der Waals surface area contributed by atoms with Gasteiger partial charge in [0.15, 0.2) is 5.82 Å². The van der Waals surface area contributed by atoms with Crippen LogP contribution in [0.3, 0.4) is 0 Å². The molecule has 36 heavy (non-hydrogen) atoms. The summed E-state index contributed by atoms with van der Waals surface area (Å²) in [5.74, 6) is -5.61. The lowest BCUT2D eigenvalue weighted by molar-refractivity contribution is -0.117. The molecule has 0 spiro atoms. The Balaban J connectivity index is 0.000000202. The van der Waals surface area contributed by atoms with Crippen molar-refractivity contribution in [2.45, 2.75) is 64.0 Å². The third-order valence-corrected chi connectivity index (χ3v) is 6.68. The number of hydrogen-bond acceptors (Lipinski definition) is 4. The van der Waals surface area contributed by atoms with E-state index in [0.717, 1.165) is 44.7 Å². The van der Waals surface area contributed by atoms with E-state index >= 15 is 0 Å². The number of carbonyl (C=O) groups excluding carboxylic acids is 1. The van der Waals surface area contributed by atoms with Gasteiger partial charge in [-0.25, -0.2) is 22.0 Å². The Hall–Kier alpha value is -2.59. The summed E-state index contributed by atoms with van der Waals surface area (Å²) in [6, 6.07) is 4.58. The van der Waals surface area contributed by atoms with E-state index in [0.29, 0.717) is 18.5 Å². The molecule has 4 rings (SSSR count). The number of piperazine rings is 1. The van der Waals surface area contributed by atoms with Gasteiger partial charge in [0.1, 0.15) is 17.3 Å². The van der Waals surface area contributed by atoms with E-state index < -0.39 is 29.3 Å². The lowest BCUT2D eigenvalue weighted by Crippen LogP contribution is -2.53. The fraction of sp³-hybridized carbons (Fsp3) is 0.538. The normalized spacial score (nSPS) is 20.6. The van der Waals surface area contributed by atoms with E-state index in [1.807, 2.05) is 0 Å². The highest BCUT2D eigenvalue weighted by Gasteiger charge is 2.39. The van der Waals surface area contributed by atoms with Gasteiger partial charge in [0.05, 0.1) is 6.42 Å². The zero-order valence-corrected chi connectivity index (χ0v) is 20.6. The molecular formula is C26H33F5N4O. The van der Waals surface area contributed by atoms with E-state index in [1.165, 1.54) is 12.3 Å². The van der Waals surface area contributed by atoms with Gasteiger partial charge in [0, 0.05) is 74.5 Å². The van der Waals surface area contributed by atoms with Crippen molar-refractivity contribution in [2.75, 3.05) is 26.2 Å². The third kappa shape index (κ3) is 7.70. The van der Waals surface area contributed by atoms with Crippen LogP contribution < -0.4 is 5.73 Å². The number of nitrogens with zero attached hydrogens (tertiary/aromatic N) is 3. The second-order valence-electron chi connectivity index (χ2n) is 9.71. The van der Waals surface area contributed by atoms with Crippen LogP contribution in [0.15, 0.2) is 30.5 Å². The lowest BCUT2D eigenvalue weighted by Gasteiger charge is -2.43. The first-order valence-corrected chi connectivity index (χ1v) is 12.2. The van der Waals surface area contributed by atoms with Gasteiger partial charge in [-0.1, -0.05) is 0 Å². The van der Waals surface area contributed by atoms with Crippen molar-refractivity contribution in [1.29, 1.82) is 0 Å². The Morgan fingerprint density at radius 3 is 2.31 bits per heavy atom. The molecule has 2 N–H and O–H groups in total. The maximum absolute atomic E-state index is 14.1. The summed E-state index contributed by atoms with van der Waals surface area (Å²) in [6.07, 6.45) is 2.75. The molecule has 0 bridgehead atoms. The number of pyridine rings is 1. The van der Waals surface area contributed by atoms with Crippen LogP contribution in [0.4, 0.5) is 22.0 Å². The second-order valence-corrected chi connectivity index (χ2v) is 9.71. The number of benzene rings is 1. The highest BCUT2D eigenvalue weighted by molar-refractivity contribution is 5.77. The van der Waals surface area contributed by atoms with Crippen LogP contribution in [0.2, 0.25) is 0 Å². The van der Waals surface area contributed by atoms with Crippen LogP contribution in [0.1, 0.15) is 45.1 Å². The predicted octanol–water partition coefficient (Wildman–Crippen LogP) is 4.78. The van der Waals surface area contributed by atoms with E-state index in [1.54, 1.807) is 0 Å². The first-order valence-electron chi connectivity index (χ1n) is 12.2. The van der Waals surface area contributed by atoms with Gasteiger partial charge in [0.25, 0.3) is 0 Å². The van der Waals surface area contributed by atoms with Crippen molar-refractivity contribution in [1.82, 2.24) is 14.8 Å². The maximum atomic E-state index is 14.1. The van der Waals surface area contributed by atoms with Gasteiger partial charge >= 0.3 is 0 Å². The average Bonchev–Trinajstić information content (AvgIpc) is 2.79. The Bertz CT molecular complexity index is 1020. The first kappa shape index (κ1) is 28.0. The summed E-state index contributed by atoms with van der Waals surface area (Å²) in [4.78, 5) is 19.2. The molecule has 0 radical (unpaired) electrons. The van der Waals surface area contributed by atoms with Crippen LogP contribution >= 0.6 is 0 Å². The molecule has 198 valence electrons. The molecule has 1 aliphatic carbocycles. The van der Waals surface area contributed by atoms with E-state index in [-0.39, 0.29) is 42.1 Å². The second kappa shape index (κ2) is 12.1. The quantitative estimate of drug-likeness (QED) is 0.586. The zero-order valence-electron chi connectivity index (χ0n) is 20.6. The minimum absolute atomic E-state index is 0.0298. The molecule has 2 aromatic rings. The smallest absolute Gasteiger partial charge is 0.249 e. The predicted molar refractivity (Wildman–Crippen MR) is 128 cm³/mol. The van der Waals surface area contributed by atoms with Gasteiger partial charge in [-0.2, -0.15) is 0 Å². The van der Waals surface area contributed by atoms with Crippen LogP contribution in [0, 0.1) is 17.5 Å². The van der Waals surface area contributed by atoms with Crippen molar-refractivity contribution < 1.29 is 26.7 Å². The monoisotopic (exact) mass is 512 g/mol.